The summed E-state index contributed by atoms with van der Waals surface area (Å²) in [5.41, 5.74) is 11.2. The van der Waals surface area contributed by atoms with Crippen molar-refractivity contribution < 1.29 is 124 Å². The first-order chi connectivity index (χ1) is 29.4. The molecule has 9 rings (SSSR count). The van der Waals surface area contributed by atoms with E-state index in [9.17, 15) is 38.9 Å². The second-order valence-corrected chi connectivity index (χ2v) is 14.7. The van der Waals surface area contributed by atoms with Gasteiger partial charge in [0.1, 0.15) is 22.3 Å². The van der Waals surface area contributed by atoms with Crippen LogP contribution in [0.1, 0.15) is 179 Å². The van der Waals surface area contributed by atoms with E-state index in [0.717, 1.165) is 60.9 Å². The van der Waals surface area contributed by atoms with Crippen LogP contribution >= 0.6 is 0 Å². The standard InChI is InChI=1S/C15H14N2O5.C15H16N2O3.C15H15NO3.30Ba.60H/c1-2-22-15(19)9-7-10-12-8(5-6-16-10)3-4-11(17(20)21)13(12)14(9)18;1-2-20-15(19)10-8-17-7-3-4-9-5-6-11(16)12(13(9)17)14(10)18;1-2-19-15(18)12-9-16-8-4-6-10-5-3-7-11(13(10)16)14(12)17;;;;;;;;;;;;;;;;;;;;;;;;;;;;;;;;;;;;;;;;;;;;;;;;;;;;;;;;;;;;;;;;;;;;;;;;;;;;;;;;;;;;;;;;;;/h3-4,7,10,16H,2,5-6H2,1H3;5-6,8H,2-4,7,16H2,1H3;3,5,7,9H,2,4,6,8H2,1H3;;;;;;;;;;;;;;;;;;;;;;;;;;;;;;;;;;;;;;;;;;;;;;;;;;;;;;;;;;;;;;;;;;;;;;;;;;;;;;;;;;;;;;;;;;/q;;;30*+2;60*-1. The molecule has 0 bridgehead atoms. The number of nitro groups is 1. The molecule has 5 aromatic rings. The fourth-order valence-electron chi connectivity index (χ4n) is 8.48. The van der Waals surface area contributed by atoms with E-state index in [0.29, 0.717) is 35.0 Å². The van der Waals surface area contributed by atoms with Crippen LogP contribution < -0.4 is 21.9 Å². The third-order valence-corrected chi connectivity index (χ3v) is 11.1. The van der Waals surface area contributed by atoms with E-state index in [-0.39, 0.29) is 1620 Å². The zero-order chi connectivity index (χ0) is 43.5. The number of Topliss-reactive ketones (excluding diaryl/α,β-unsaturated/α-hetero) is 1. The second kappa shape index (κ2) is 115. The van der Waals surface area contributed by atoms with Crippen LogP contribution in [-0.4, -0.2) is 1530 Å². The van der Waals surface area contributed by atoms with Gasteiger partial charge in [-0.1, -0.05) is 24.3 Å². The first-order valence-corrected chi connectivity index (χ1v) is 20.3. The Kier molecular flexibility index (Phi) is 246. The molecular formula is C45H105Ba30N5O11. The molecule has 0 saturated heterocycles. The number of anilines is 1. The summed E-state index contributed by atoms with van der Waals surface area (Å²) in [4.78, 5) is 83.9. The van der Waals surface area contributed by atoms with Crippen LogP contribution in [-0.2, 0) is 51.4 Å². The van der Waals surface area contributed by atoms with Gasteiger partial charge in [-0.05, 0) is 93.3 Å². The van der Waals surface area contributed by atoms with Crippen molar-refractivity contribution in [1.29, 1.82) is 0 Å². The van der Waals surface area contributed by atoms with Crippen molar-refractivity contribution in [2.75, 3.05) is 32.1 Å². The van der Waals surface area contributed by atoms with Crippen molar-refractivity contribution in [1.82, 2.24) is 14.5 Å². The van der Waals surface area contributed by atoms with E-state index >= 15 is 0 Å². The van der Waals surface area contributed by atoms with E-state index in [1.165, 1.54) is 17.7 Å². The Hall–Kier alpha value is 40.2. The number of ether oxygens (including phenoxy) is 3. The van der Waals surface area contributed by atoms with Crippen LogP contribution in [0, 0.1) is 10.1 Å². The number of benzene rings is 3. The van der Waals surface area contributed by atoms with Gasteiger partial charge in [0.15, 0.2) is 0 Å². The molecule has 436 valence electrons. The Morgan fingerprint density at radius 2 is 0.934 bits per heavy atom. The molecule has 0 spiro atoms. The Balaban J connectivity index is -0.00000000419. The van der Waals surface area contributed by atoms with E-state index < -0.39 is 28.6 Å². The largest absolute Gasteiger partial charge is 2.00 e. The van der Waals surface area contributed by atoms with Crippen molar-refractivity contribution in [3.05, 3.63) is 136 Å². The number of pyridine rings is 2. The molecule has 2 aromatic heterocycles. The molecule has 0 radical (unpaired) electrons. The first kappa shape index (κ1) is 194. The summed E-state index contributed by atoms with van der Waals surface area (Å²) in [6.45, 7) is 8.03. The number of aromatic nitrogens is 2. The fourth-order valence-corrected chi connectivity index (χ4v) is 8.48. The van der Waals surface area contributed by atoms with Gasteiger partial charge in [-0.3, -0.25) is 24.5 Å². The summed E-state index contributed by atoms with van der Waals surface area (Å²) in [6, 6.07) is 12.0. The maximum absolute atomic E-state index is 12.6. The molecule has 1 atom stereocenters. The van der Waals surface area contributed by atoms with Crippen molar-refractivity contribution >= 4 is 1520 Å². The number of nitro benzene ring substituents is 1. The van der Waals surface area contributed by atoms with E-state index in [4.69, 9.17) is 19.9 Å². The number of nitrogens with zero attached hydrogens (tertiary/aromatic N) is 3. The zero-order valence-corrected chi connectivity index (χ0v) is 188. The third-order valence-electron chi connectivity index (χ3n) is 11.1. The average molecular weight is 5010 g/mol. The minimum atomic E-state index is -0.745. The number of rotatable bonds is 7. The molecule has 1 aliphatic carbocycles. The molecule has 3 aliphatic heterocycles. The van der Waals surface area contributed by atoms with Gasteiger partial charge in [0.05, 0.1) is 47.2 Å². The van der Waals surface area contributed by atoms with Crippen molar-refractivity contribution in [2.24, 2.45) is 0 Å². The van der Waals surface area contributed by atoms with Gasteiger partial charge >= 0.3 is 1480 Å². The Morgan fingerprint density at radius 1 is 0.538 bits per heavy atom. The molecule has 4 aliphatic rings. The Labute approximate surface area is 1830 Å². The average Bonchev–Trinajstić information content (AvgIpc) is 3.25. The number of nitrogen functional groups attached to an aromatic ring is 1. The summed E-state index contributed by atoms with van der Waals surface area (Å²) in [5.74, 6) is -2.50. The number of hydrogen-bond acceptors (Lipinski definition) is 13. The van der Waals surface area contributed by atoms with Crippen LogP contribution in [0.4, 0.5) is 11.4 Å². The molecule has 91 heavy (non-hydrogen) atoms. The fraction of sp³-hybridized carbons (Fsp3) is 0.333. The van der Waals surface area contributed by atoms with Gasteiger partial charge < -0.3 is 120 Å². The number of carbonyl (C=O) groups excluding carboxylic acids is 4. The number of nitrogens with one attached hydrogen (secondary N) is 1. The van der Waals surface area contributed by atoms with Gasteiger partial charge in [-0.25, -0.2) is 14.4 Å². The monoisotopic (exact) mass is 5030 g/mol. The predicted octanol–water partition coefficient (Wildman–Crippen LogP) is 0.624. The number of aryl methyl sites for hydroxylation is 4. The number of esters is 3. The number of ketones is 1. The van der Waals surface area contributed by atoms with Gasteiger partial charge in [0, 0.05) is 49.2 Å². The third kappa shape index (κ3) is 66.6. The molecule has 0 amide bonds. The van der Waals surface area contributed by atoms with Crippen LogP contribution in [0.3, 0.4) is 0 Å². The van der Waals surface area contributed by atoms with Crippen LogP contribution in [0.25, 0.3) is 21.8 Å². The Morgan fingerprint density at radius 3 is 1.36 bits per heavy atom. The Bertz CT molecular complexity index is 3030. The topological polar surface area (TPSA) is 221 Å². The number of para-hydroxylation sites is 1. The summed E-state index contributed by atoms with van der Waals surface area (Å²) in [5, 5.41) is 15.5. The number of nitrogens with two attached hydrogens (primary N) is 1. The maximum atomic E-state index is 12.6. The van der Waals surface area contributed by atoms with E-state index in [1.807, 2.05) is 27.3 Å². The summed E-state index contributed by atoms with van der Waals surface area (Å²) in [6.07, 6.45) is 9.36. The van der Waals surface area contributed by atoms with Gasteiger partial charge in [0.25, 0.3) is 5.69 Å². The predicted molar refractivity (Wildman–Crippen MR) is 465 cm³/mol. The van der Waals surface area contributed by atoms with Crippen LogP contribution in [0.5, 0.6) is 0 Å². The van der Waals surface area contributed by atoms with E-state index in [2.05, 4.69) is 5.32 Å². The smallest absolute Gasteiger partial charge is 1.00 e. The molecule has 0 fully saturated rings. The molecule has 3 N–H and O–H groups in total. The maximum Gasteiger partial charge on any atom is 2.00 e. The molecule has 46 heteroatoms. The molecule has 3 aromatic carbocycles. The minimum absolute atomic E-state index is 0. The zero-order valence-electron chi connectivity index (χ0n) is 115. The summed E-state index contributed by atoms with van der Waals surface area (Å²) in [7, 11) is 0. The molecule has 0 saturated carbocycles. The van der Waals surface area contributed by atoms with Gasteiger partial charge in [-0.2, -0.15) is 0 Å². The normalized spacial score (nSPS) is 10.4. The van der Waals surface area contributed by atoms with Gasteiger partial charge in [0.2, 0.25) is 16.6 Å². The van der Waals surface area contributed by atoms with Crippen molar-refractivity contribution in [2.45, 2.75) is 72.0 Å². The van der Waals surface area contributed by atoms with Crippen molar-refractivity contribution in [3.8, 4) is 0 Å². The first-order valence-electron chi connectivity index (χ1n) is 20.3. The second-order valence-electron chi connectivity index (χ2n) is 14.7. The SMILES string of the molecule is CCOC(=O)C1=CC2NCCc3ccc([N+](=O)[O-])c(c32)C1=O.CCOC(=O)c1cn2c3c(ccc(N)c3c1=O)CCC2.CCOC(=O)c1cn2c3c(cccc3c1=O)CCC2.[Ba+2].[Ba+2].[Ba+2].[Ba+2].[Ba+2].[Ba+2].[Ba+2].[Ba+2].[Ba+2].[Ba+2].[Ba+2].[Ba+2].[Ba+2].[Ba+2].[Ba+2].[Ba+2].[Ba+2].[Ba+2].[Ba+2].[Ba+2].[Ba+2].[Ba+2].[Ba+2].[Ba+2].[Ba+2].[Ba+2].[Ba+2].[Ba+2].[Ba+2].[Ba+2].[H-].[H-].[H-].[H-].[H-].[H-].[H-].[H-].[H-].[H-].[H-].[H-].[H-].[H-].[H-].[H-].[H-].[H-].[H-].[H-].[H-].[H-].[H-].[H-].[H-].[H-].[H-].[H-].[H-].[H-].[H-].[H-].[H-].[H-].[H-].[H-].[H-].[H-].[H-].[H-].[H-].[H-].[H-].[H-].[H-].[H-].[H-].[H-].[H-].[H-].[H-].[H-].[H-].[H-].[H-].[H-].[H-].[H-].[H-].[H-]. The quantitative estimate of drug-likeness (QED) is 0.0435. The van der Waals surface area contributed by atoms with E-state index in [1.54, 1.807) is 51.4 Å². The number of carbonyl (C=O) groups is 4. The molecule has 5 heterocycles. The summed E-state index contributed by atoms with van der Waals surface area (Å²) < 4.78 is 18.7. The van der Waals surface area contributed by atoms with Crippen LogP contribution in [0.15, 0.2) is 76.1 Å². The summed E-state index contributed by atoms with van der Waals surface area (Å²) >= 11 is 0. The van der Waals surface area contributed by atoms with Crippen LogP contribution in [0.2, 0.25) is 0 Å². The number of hydrogen-bond donors (Lipinski definition) is 2. The van der Waals surface area contributed by atoms with Crippen molar-refractivity contribution in [3.63, 3.8) is 0 Å². The minimum Gasteiger partial charge on any atom is -1.00 e. The molecule has 16 nitrogen and oxygen atoms in total. The van der Waals surface area contributed by atoms with Gasteiger partial charge in [-0.15, -0.1) is 0 Å². The molecule has 1 unspecified atom stereocenters. The molecular weight excluding hydrogens is 4910 g/mol.